The molecule has 1 saturated heterocycles. The molecule has 3 heterocycles. The van der Waals surface area contributed by atoms with E-state index in [2.05, 4.69) is 17.0 Å². The lowest BCUT2D eigenvalue weighted by Crippen LogP contribution is -2.49. The second-order valence-electron chi connectivity index (χ2n) is 9.29. The van der Waals surface area contributed by atoms with Gasteiger partial charge >= 0.3 is 0 Å². The second kappa shape index (κ2) is 8.16. The zero-order chi connectivity index (χ0) is 24.1. The first-order chi connectivity index (χ1) is 17.0. The van der Waals surface area contributed by atoms with Crippen molar-refractivity contribution in [2.75, 3.05) is 13.1 Å². The van der Waals surface area contributed by atoms with Crippen molar-refractivity contribution >= 4 is 17.5 Å². The number of H-pyrrole nitrogens is 1. The van der Waals surface area contributed by atoms with Gasteiger partial charge in [-0.2, -0.15) is 5.10 Å². The summed E-state index contributed by atoms with van der Waals surface area (Å²) in [7, 11) is 0. The van der Waals surface area contributed by atoms with Crippen LogP contribution in [0.5, 0.6) is 11.5 Å². The van der Waals surface area contributed by atoms with Crippen LogP contribution < -0.4 is 10.5 Å². The minimum Gasteiger partial charge on any atom is -0.457 e. The molecule has 1 aliphatic heterocycles. The Balaban J connectivity index is 1.26. The van der Waals surface area contributed by atoms with Crippen LogP contribution in [0.3, 0.4) is 0 Å². The number of carbonyl (C=O) groups excluding carboxylic acids is 2. The van der Waals surface area contributed by atoms with Crippen LogP contribution in [0.4, 0.5) is 0 Å². The summed E-state index contributed by atoms with van der Waals surface area (Å²) in [6.07, 6.45) is 4.66. The summed E-state index contributed by atoms with van der Waals surface area (Å²) < 4.78 is 7.44. The number of hydrogen-bond donors (Lipinski definition) is 2. The molecular weight excluding hydrogens is 442 g/mol. The number of primary amides is 1. The highest BCUT2D eigenvalue weighted by molar-refractivity contribution is 5.99. The van der Waals surface area contributed by atoms with Gasteiger partial charge in [0.1, 0.15) is 17.1 Å². The number of aromatic nitrogens is 3. The van der Waals surface area contributed by atoms with Gasteiger partial charge in [0, 0.05) is 35.7 Å². The summed E-state index contributed by atoms with van der Waals surface area (Å²) in [6, 6.07) is 17.0. The predicted molar refractivity (Wildman–Crippen MR) is 131 cm³/mol. The van der Waals surface area contributed by atoms with Gasteiger partial charge in [-0.15, -0.1) is 0 Å². The third-order valence-electron chi connectivity index (χ3n) is 6.76. The fraction of sp³-hybridized carbons (Fsp3) is 0.222. The number of fused-ring (bicyclic) bond motifs is 1. The van der Waals surface area contributed by atoms with Crippen LogP contribution in [-0.4, -0.2) is 44.4 Å². The van der Waals surface area contributed by atoms with Gasteiger partial charge in [-0.25, -0.2) is 4.52 Å². The summed E-state index contributed by atoms with van der Waals surface area (Å²) in [4.78, 5) is 30.2. The number of para-hydroxylation sites is 1. The first-order valence-corrected chi connectivity index (χ1v) is 11.7. The van der Waals surface area contributed by atoms with Crippen molar-refractivity contribution in [1.82, 2.24) is 19.5 Å². The molecule has 8 heteroatoms. The molecule has 8 nitrogen and oxygen atoms in total. The lowest BCUT2D eigenvalue weighted by atomic mass is 9.85. The van der Waals surface area contributed by atoms with Gasteiger partial charge in [0.15, 0.2) is 5.69 Å². The number of carbonyl (C=O) groups is 2. The summed E-state index contributed by atoms with van der Waals surface area (Å²) in [5, 5.41) is 4.45. The van der Waals surface area contributed by atoms with Crippen molar-refractivity contribution in [1.29, 1.82) is 0 Å². The molecule has 2 amide bonds. The number of nitrogens with one attached hydrogen (secondary N) is 1. The fourth-order valence-corrected chi connectivity index (χ4v) is 4.85. The molecule has 2 aliphatic rings. The minimum absolute atomic E-state index is 0.130. The van der Waals surface area contributed by atoms with Crippen LogP contribution in [0, 0.1) is 5.92 Å². The van der Waals surface area contributed by atoms with Crippen LogP contribution in [0.1, 0.15) is 35.3 Å². The van der Waals surface area contributed by atoms with Crippen molar-refractivity contribution < 1.29 is 14.3 Å². The van der Waals surface area contributed by atoms with Gasteiger partial charge in [-0.1, -0.05) is 31.2 Å². The first kappa shape index (κ1) is 21.2. The average Bonchev–Trinajstić information content (AvgIpc) is 3.37. The highest BCUT2D eigenvalue weighted by Gasteiger charge is 2.37. The van der Waals surface area contributed by atoms with Crippen LogP contribution >= 0.6 is 0 Å². The third kappa shape index (κ3) is 3.67. The zero-order valence-corrected chi connectivity index (χ0v) is 19.3. The molecule has 0 saturated carbocycles. The Labute approximate surface area is 202 Å². The molecule has 1 aliphatic carbocycles. The number of ether oxygens (including phenoxy) is 1. The molecule has 1 unspecified atom stereocenters. The van der Waals surface area contributed by atoms with Crippen molar-refractivity contribution in [3.05, 3.63) is 83.7 Å². The number of benzene rings is 2. The third-order valence-corrected chi connectivity index (χ3v) is 6.76. The molecule has 35 heavy (non-hydrogen) atoms. The SMILES string of the molecule is CC1C=C(C(=O)N2CC(c3cnn4c(C(N)=O)c(-c5ccc(Oc6ccccc6)cc5)[nH]c34)C2)C1. The highest BCUT2D eigenvalue weighted by atomic mass is 16.5. The van der Waals surface area contributed by atoms with E-state index in [-0.39, 0.29) is 11.8 Å². The smallest absolute Gasteiger partial charge is 0.269 e. The molecule has 0 bridgehead atoms. The molecule has 4 aromatic rings. The summed E-state index contributed by atoms with van der Waals surface area (Å²) in [5.41, 5.74) is 10.1. The Hall–Kier alpha value is -4.33. The van der Waals surface area contributed by atoms with Gasteiger partial charge in [0.25, 0.3) is 5.91 Å². The van der Waals surface area contributed by atoms with Gasteiger partial charge in [0.2, 0.25) is 5.91 Å². The van der Waals surface area contributed by atoms with Gasteiger partial charge in [-0.3, -0.25) is 9.59 Å². The van der Waals surface area contributed by atoms with E-state index in [9.17, 15) is 9.59 Å². The van der Waals surface area contributed by atoms with E-state index in [1.165, 1.54) is 0 Å². The Morgan fingerprint density at radius 1 is 1.06 bits per heavy atom. The number of likely N-dealkylation sites (tertiary alicyclic amines) is 1. The minimum atomic E-state index is -0.568. The van der Waals surface area contributed by atoms with Crippen LogP contribution in [-0.2, 0) is 4.79 Å². The normalized spacial score (nSPS) is 17.6. The second-order valence-corrected chi connectivity index (χ2v) is 9.29. The number of aromatic amines is 1. The van der Waals surface area contributed by atoms with Crippen LogP contribution in [0.15, 0.2) is 72.4 Å². The average molecular weight is 468 g/mol. The lowest BCUT2D eigenvalue weighted by molar-refractivity contribution is -0.132. The van der Waals surface area contributed by atoms with E-state index in [0.29, 0.717) is 36.1 Å². The van der Waals surface area contributed by atoms with Crippen molar-refractivity contribution in [3.63, 3.8) is 0 Å². The van der Waals surface area contributed by atoms with E-state index < -0.39 is 5.91 Å². The lowest BCUT2D eigenvalue weighted by Gasteiger charge is -2.40. The first-order valence-electron chi connectivity index (χ1n) is 11.7. The molecule has 1 atom stereocenters. The molecular formula is C27H25N5O3. The maximum atomic E-state index is 12.6. The Morgan fingerprint density at radius 2 is 1.74 bits per heavy atom. The topological polar surface area (TPSA) is 106 Å². The number of hydrogen-bond acceptors (Lipinski definition) is 4. The summed E-state index contributed by atoms with van der Waals surface area (Å²) in [5.74, 6) is 1.64. The molecule has 176 valence electrons. The molecule has 6 rings (SSSR count). The maximum Gasteiger partial charge on any atom is 0.269 e. The molecule has 0 radical (unpaired) electrons. The van der Waals surface area contributed by atoms with E-state index in [4.69, 9.17) is 10.5 Å². The van der Waals surface area contributed by atoms with E-state index in [1.807, 2.05) is 65.6 Å². The van der Waals surface area contributed by atoms with Gasteiger partial charge < -0.3 is 20.4 Å². The molecule has 1 fully saturated rings. The maximum absolute atomic E-state index is 12.6. The Kier molecular flexibility index (Phi) is 4.95. The monoisotopic (exact) mass is 467 g/mol. The number of allylic oxidation sites excluding steroid dienone is 1. The predicted octanol–water partition coefficient (Wildman–Crippen LogP) is 4.11. The van der Waals surface area contributed by atoms with E-state index in [0.717, 1.165) is 34.5 Å². The molecule has 3 N–H and O–H groups in total. The zero-order valence-electron chi connectivity index (χ0n) is 19.3. The van der Waals surface area contributed by atoms with Crippen LogP contribution in [0.2, 0.25) is 0 Å². The molecule has 2 aromatic carbocycles. The Morgan fingerprint density at radius 3 is 2.40 bits per heavy atom. The highest BCUT2D eigenvalue weighted by Crippen LogP contribution is 2.36. The summed E-state index contributed by atoms with van der Waals surface area (Å²) in [6.45, 7) is 3.39. The van der Waals surface area contributed by atoms with Crippen molar-refractivity contribution in [2.45, 2.75) is 19.3 Å². The van der Waals surface area contributed by atoms with E-state index >= 15 is 0 Å². The number of amides is 2. The van der Waals surface area contributed by atoms with Gasteiger partial charge in [-0.05, 0) is 48.7 Å². The number of rotatable bonds is 6. The number of nitrogens with zero attached hydrogens (tertiary/aromatic N) is 3. The van der Waals surface area contributed by atoms with Crippen LogP contribution in [0.25, 0.3) is 16.9 Å². The van der Waals surface area contributed by atoms with Crippen molar-refractivity contribution in [2.24, 2.45) is 11.7 Å². The van der Waals surface area contributed by atoms with Gasteiger partial charge in [0.05, 0.1) is 11.9 Å². The summed E-state index contributed by atoms with van der Waals surface area (Å²) >= 11 is 0. The number of imidazole rings is 1. The quantitative estimate of drug-likeness (QED) is 0.445. The standard InChI is InChI=1S/C27H25N5O3/c1-16-11-18(12-16)27(34)31-14-19(15-31)22-13-29-32-24(25(28)33)23(30-26(22)32)17-7-9-21(10-8-17)35-20-5-3-2-4-6-20/h2-11,13,16,19,30H,12,14-15H2,1H3,(H2,28,33). The van der Waals surface area contributed by atoms with E-state index in [1.54, 1.807) is 10.7 Å². The fourth-order valence-electron chi connectivity index (χ4n) is 4.85. The number of nitrogens with two attached hydrogens (primary N) is 1. The Bertz CT molecular complexity index is 1460. The largest absolute Gasteiger partial charge is 0.457 e. The molecule has 0 spiro atoms. The molecule has 2 aromatic heterocycles. The van der Waals surface area contributed by atoms with Crippen molar-refractivity contribution in [3.8, 4) is 22.8 Å².